The van der Waals surface area contributed by atoms with E-state index >= 15 is 0 Å². The van der Waals surface area contributed by atoms with Gasteiger partial charge in [-0.25, -0.2) is 4.79 Å². The maximum atomic E-state index is 11.2. The Morgan fingerprint density at radius 2 is 2.19 bits per heavy atom. The minimum atomic E-state index is -0.378. The largest absolute Gasteiger partial charge is 0.487 e. The van der Waals surface area contributed by atoms with Crippen molar-refractivity contribution in [2.45, 2.75) is 0 Å². The Hall–Kier alpha value is -0.810. The van der Waals surface area contributed by atoms with Crippen LogP contribution in [-0.2, 0) is 4.74 Å². The molecular formula is C11H10Br2O3. The van der Waals surface area contributed by atoms with Crippen LogP contribution < -0.4 is 4.74 Å². The predicted molar refractivity (Wildman–Crippen MR) is 69.0 cm³/mol. The van der Waals surface area contributed by atoms with Crippen LogP contribution in [-0.4, -0.2) is 19.7 Å². The van der Waals surface area contributed by atoms with Crippen LogP contribution in [0.25, 0.3) is 0 Å². The SMILES string of the molecule is C=C(Br)COc1ccc(C(=O)OC)cc1Br. The van der Waals surface area contributed by atoms with E-state index in [1.54, 1.807) is 18.2 Å². The standard InChI is InChI=1S/C11H10Br2O3/c1-7(12)6-16-10-4-3-8(5-9(10)13)11(14)15-2/h3-5H,1,6H2,2H3. The lowest BCUT2D eigenvalue weighted by Crippen LogP contribution is -2.02. The van der Waals surface area contributed by atoms with Crippen molar-refractivity contribution >= 4 is 37.8 Å². The zero-order chi connectivity index (χ0) is 12.1. The van der Waals surface area contributed by atoms with Gasteiger partial charge in [-0.15, -0.1) is 0 Å². The highest BCUT2D eigenvalue weighted by Crippen LogP contribution is 2.26. The van der Waals surface area contributed by atoms with E-state index < -0.39 is 0 Å². The van der Waals surface area contributed by atoms with Crippen LogP contribution in [0.4, 0.5) is 0 Å². The summed E-state index contributed by atoms with van der Waals surface area (Å²) in [6, 6.07) is 4.99. The fraction of sp³-hybridized carbons (Fsp3) is 0.182. The smallest absolute Gasteiger partial charge is 0.337 e. The molecule has 0 saturated carbocycles. The van der Waals surface area contributed by atoms with Crippen molar-refractivity contribution < 1.29 is 14.3 Å². The van der Waals surface area contributed by atoms with Gasteiger partial charge in [-0.3, -0.25) is 0 Å². The normalized spacial score (nSPS) is 9.69. The van der Waals surface area contributed by atoms with E-state index in [0.717, 1.165) is 4.48 Å². The zero-order valence-corrected chi connectivity index (χ0v) is 11.8. The molecule has 0 N–H and O–H groups in total. The molecule has 0 aromatic heterocycles. The molecule has 0 atom stereocenters. The molecule has 0 heterocycles. The van der Waals surface area contributed by atoms with Crippen LogP contribution in [0.3, 0.4) is 0 Å². The molecule has 86 valence electrons. The first-order valence-corrected chi connectivity index (χ1v) is 5.97. The molecule has 16 heavy (non-hydrogen) atoms. The third-order valence-corrected chi connectivity index (χ3v) is 2.59. The van der Waals surface area contributed by atoms with Crippen molar-refractivity contribution in [2.24, 2.45) is 0 Å². The summed E-state index contributed by atoms with van der Waals surface area (Å²) >= 11 is 6.51. The Kier molecular flexibility index (Phi) is 5.02. The van der Waals surface area contributed by atoms with Crippen LogP contribution in [0, 0.1) is 0 Å². The summed E-state index contributed by atoms with van der Waals surface area (Å²) in [5.41, 5.74) is 0.472. The molecule has 0 unspecified atom stereocenters. The van der Waals surface area contributed by atoms with E-state index in [1.165, 1.54) is 7.11 Å². The summed E-state index contributed by atoms with van der Waals surface area (Å²) in [7, 11) is 1.34. The van der Waals surface area contributed by atoms with Gasteiger partial charge in [-0.05, 0) is 34.1 Å². The number of ether oxygens (including phenoxy) is 2. The van der Waals surface area contributed by atoms with Crippen LogP contribution in [0.1, 0.15) is 10.4 Å². The van der Waals surface area contributed by atoms with Gasteiger partial charge in [0.15, 0.2) is 0 Å². The highest BCUT2D eigenvalue weighted by molar-refractivity contribution is 9.11. The van der Waals surface area contributed by atoms with E-state index in [0.29, 0.717) is 22.4 Å². The lowest BCUT2D eigenvalue weighted by atomic mass is 10.2. The molecule has 1 aromatic carbocycles. The van der Waals surface area contributed by atoms with Gasteiger partial charge in [0.2, 0.25) is 0 Å². The quantitative estimate of drug-likeness (QED) is 0.780. The Morgan fingerprint density at radius 1 is 1.50 bits per heavy atom. The van der Waals surface area contributed by atoms with Crippen molar-refractivity contribution in [3.05, 3.63) is 39.3 Å². The molecule has 0 radical (unpaired) electrons. The molecule has 0 bridgehead atoms. The fourth-order valence-electron chi connectivity index (χ4n) is 1.02. The van der Waals surface area contributed by atoms with E-state index in [-0.39, 0.29) is 5.97 Å². The summed E-state index contributed by atoms with van der Waals surface area (Å²) in [6.45, 7) is 4.03. The molecule has 1 aromatic rings. The second-order valence-electron chi connectivity index (χ2n) is 2.94. The molecular weight excluding hydrogens is 340 g/mol. The number of carbonyl (C=O) groups is 1. The first-order valence-electron chi connectivity index (χ1n) is 4.38. The lowest BCUT2D eigenvalue weighted by molar-refractivity contribution is 0.0600. The number of methoxy groups -OCH3 is 1. The van der Waals surface area contributed by atoms with E-state index in [9.17, 15) is 4.79 Å². The summed E-state index contributed by atoms with van der Waals surface area (Å²) < 4.78 is 11.5. The van der Waals surface area contributed by atoms with Gasteiger partial charge in [-0.2, -0.15) is 0 Å². The predicted octanol–water partition coefficient (Wildman–Crippen LogP) is 3.52. The Balaban J connectivity index is 2.83. The van der Waals surface area contributed by atoms with Gasteiger partial charge in [0.1, 0.15) is 12.4 Å². The average Bonchev–Trinajstić information content (AvgIpc) is 2.26. The monoisotopic (exact) mass is 348 g/mol. The zero-order valence-electron chi connectivity index (χ0n) is 8.63. The van der Waals surface area contributed by atoms with Crippen LogP contribution >= 0.6 is 31.9 Å². The van der Waals surface area contributed by atoms with Crippen LogP contribution in [0.15, 0.2) is 33.7 Å². The number of esters is 1. The van der Waals surface area contributed by atoms with Gasteiger partial charge in [0.05, 0.1) is 17.1 Å². The number of hydrogen-bond acceptors (Lipinski definition) is 3. The molecule has 0 aliphatic heterocycles. The van der Waals surface area contributed by atoms with E-state index in [1.807, 2.05) is 0 Å². The number of halogens is 2. The van der Waals surface area contributed by atoms with Crippen molar-refractivity contribution in [1.82, 2.24) is 0 Å². The molecule has 0 amide bonds. The number of carbonyl (C=O) groups excluding carboxylic acids is 1. The van der Waals surface area contributed by atoms with Gasteiger partial charge >= 0.3 is 5.97 Å². The minimum Gasteiger partial charge on any atom is -0.487 e. The van der Waals surface area contributed by atoms with Crippen molar-refractivity contribution in [2.75, 3.05) is 13.7 Å². The summed E-state index contributed by atoms with van der Waals surface area (Å²) in [5.74, 6) is 0.269. The van der Waals surface area contributed by atoms with Crippen LogP contribution in [0.2, 0.25) is 0 Å². The Bertz CT molecular complexity index is 416. The highest BCUT2D eigenvalue weighted by atomic mass is 79.9. The summed E-state index contributed by atoms with van der Waals surface area (Å²) in [4.78, 5) is 11.2. The van der Waals surface area contributed by atoms with Crippen molar-refractivity contribution in [3.8, 4) is 5.75 Å². The third-order valence-electron chi connectivity index (χ3n) is 1.74. The third kappa shape index (κ3) is 3.64. The number of rotatable bonds is 4. The topological polar surface area (TPSA) is 35.5 Å². The second kappa shape index (κ2) is 6.06. The van der Waals surface area contributed by atoms with E-state index in [4.69, 9.17) is 4.74 Å². The molecule has 0 fully saturated rings. The van der Waals surface area contributed by atoms with Crippen molar-refractivity contribution in [1.29, 1.82) is 0 Å². The molecule has 5 heteroatoms. The average molecular weight is 350 g/mol. The summed E-state index contributed by atoms with van der Waals surface area (Å²) in [5, 5.41) is 0. The molecule has 1 rings (SSSR count). The van der Waals surface area contributed by atoms with Gasteiger partial charge in [-0.1, -0.05) is 22.5 Å². The van der Waals surface area contributed by atoms with E-state index in [2.05, 4.69) is 43.2 Å². The number of benzene rings is 1. The highest BCUT2D eigenvalue weighted by Gasteiger charge is 2.09. The molecule has 0 saturated heterocycles. The first-order chi connectivity index (χ1) is 7.54. The molecule has 3 nitrogen and oxygen atoms in total. The maximum absolute atomic E-state index is 11.2. The van der Waals surface area contributed by atoms with Crippen molar-refractivity contribution in [3.63, 3.8) is 0 Å². The summed E-state index contributed by atoms with van der Waals surface area (Å²) in [6.07, 6.45) is 0. The first kappa shape index (κ1) is 13.3. The number of hydrogen-bond donors (Lipinski definition) is 0. The fourth-order valence-corrected chi connectivity index (χ4v) is 1.63. The molecule has 0 aliphatic rings. The van der Waals surface area contributed by atoms with Gasteiger partial charge < -0.3 is 9.47 Å². The van der Waals surface area contributed by atoms with Gasteiger partial charge in [0, 0.05) is 4.48 Å². The Labute approximate surface area is 111 Å². The second-order valence-corrected chi connectivity index (χ2v) is 4.92. The van der Waals surface area contributed by atoms with Gasteiger partial charge in [0.25, 0.3) is 0 Å². The lowest BCUT2D eigenvalue weighted by Gasteiger charge is -2.08. The minimum absolute atomic E-state index is 0.371. The molecule has 0 aliphatic carbocycles. The van der Waals surface area contributed by atoms with Crippen LogP contribution in [0.5, 0.6) is 5.75 Å². The maximum Gasteiger partial charge on any atom is 0.337 e. The molecule has 0 spiro atoms. The Morgan fingerprint density at radius 3 is 2.69 bits per heavy atom.